The van der Waals surface area contributed by atoms with Gasteiger partial charge in [0.05, 0.1) is 5.02 Å². The smallest absolute Gasteiger partial charge is 0.273 e. The van der Waals surface area contributed by atoms with E-state index in [1.165, 1.54) is 46.1 Å². The molecule has 2 aromatic heterocycles. The SMILES string of the molecule is CSc1nc2ncn(CC(=O)Nc3ccc(F)c(Cl)c3)c(=O)c2s1. The van der Waals surface area contributed by atoms with Crippen molar-refractivity contribution in [2.24, 2.45) is 0 Å². The highest BCUT2D eigenvalue weighted by atomic mass is 35.5. The van der Waals surface area contributed by atoms with E-state index in [0.29, 0.717) is 16.0 Å². The molecule has 0 saturated carbocycles. The molecule has 0 aliphatic rings. The van der Waals surface area contributed by atoms with Crippen molar-refractivity contribution in [1.29, 1.82) is 0 Å². The summed E-state index contributed by atoms with van der Waals surface area (Å²) in [5.74, 6) is -1.02. The van der Waals surface area contributed by atoms with Crippen LogP contribution in [0.2, 0.25) is 5.02 Å². The molecule has 6 nitrogen and oxygen atoms in total. The molecule has 0 bridgehead atoms. The first-order chi connectivity index (χ1) is 11.5. The van der Waals surface area contributed by atoms with Crippen LogP contribution in [-0.2, 0) is 11.3 Å². The van der Waals surface area contributed by atoms with Gasteiger partial charge in [-0.15, -0.1) is 11.3 Å². The Morgan fingerprint density at radius 1 is 1.50 bits per heavy atom. The summed E-state index contributed by atoms with van der Waals surface area (Å²) < 4.78 is 15.4. The first-order valence-electron chi connectivity index (χ1n) is 6.63. The van der Waals surface area contributed by atoms with Crippen molar-refractivity contribution in [1.82, 2.24) is 14.5 Å². The molecule has 0 aliphatic carbocycles. The number of carbonyl (C=O) groups excluding carboxylic acids is 1. The van der Waals surface area contributed by atoms with E-state index in [1.807, 2.05) is 6.26 Å². The molecule has 0 radical (unpaired) electrons. The van der Waals surface area contributed by atoms with Crippen molar-refractivity contribution in [3.63, 3.8) is 0 Å². The first-order valence-corrected chi connectivity index (χ1v) is 9.04. The number of hydrogen-bond donors (Lipinski definition) is 1. The monoisotopic (exact) mass is 384 g/mol. The summed E-state index contributed by atoms with van der Waals surface area (Å²) in [7, 11) is 0. The molecule has 3 aromatic rings. The molecule has 3 rings (SSSR count). The van der Waals surface area contributed by atoms with Gasteiger partial charge in [-0.25, -0.2) is 14.4 Å². The van der Waals surface area contributed by atoms with E-state index in [2.05, 4.69) is 15.3 Å². The fourth-order valence-electron chi connectivity index (χ4n) is 1.96. The Hall–Kier alpha value is -1.97. The molecule has 1 aromatic carbocycles. The van der Waals surface area contributed by atoms with Crippen LogP contribution in [-0.4, -0.2) is 26.7 Å². The number of amides is 1. The van der Waals surface area contributed by atoms with Crippen LogP contribution in [0.4, 0.5) is 10.1 Å². The van der Waals surface area contributed by atoms with Crippen molar-refractivity contribution in [2.75, 3.05) is 11.6 Å². The normalized spacial score (nSPS) is 11.0. The molecule has 0 unspecified atom stereocenters. The van der Waals surface area contributed by atoms with Crippen LogP contribution in [0, 0.1) is 5.82 Å². The maximum atomic E-state index is 13.1. The Labute approximate surface area is 148 Å². The highest BCUT2D eigenvalue weighted by Gasteiger charge is 2.13. The van der Waals surface area contributed by atoms with Crippen LogP contribution in [0.25, 0.3) is 10.3 Å². The topological polar surface area (TPSA) is 76.9 Å². The predicted molar refractivity (Wildman–Crippen MR) is 93.5 cm³/mol. The van der Waals surface area contributed by atoms with Gasteiger partial charge in [0.2, 0.25) is 5.91 Å². The van der Waals surface area contributed by atoms with Gasteiger partial charge >= 0.3 is 0 Å². The van der Waals surface area contributed by atoms with Crippen LogP contribution in [0.15, 0.2) is 33.7 Å². The minimum absolute atomic E-state index is 0.0951. The zero-order valence-corrected chi connectivity index (χ0v) is 14.6. The highest BCUT2D eigenvalue weighted by Crippen LogP contribution is 2.24. The van der Waals surface area contributed by atoms with Crippen LogP contribution < -0.4 is 10.9 Å². The Morgan fingerprint density at radius 3 is 3.00 bits per heavy atom. The summed E-state index contributed by atoms with van der Waals surface area (Å²) in [6.45, 7) is -0.219. The Bertz CT molecular complexity index is 989. The van der Waals surface area contributed by atoms with Crippen molar-refractivity contribution in [3.05, 3.63) is 45.7 Å². The summed E-state index contributed by atoms with van der Waals surface area (Å²) in [6, 6.07) is 3.84. The van der Waals surface area contributed by atoms with Gasteiger partial charge in [-0.05, 0) is 24.5 Å². The number of hydrogen-bond acceptors (Lipinski definition) is 6. The van der Waals surface area contributed by atoms with Crippen LogP contribution in [0.1, 0.15) is 0 Å². The lowest BCUT2D eigenvalue weighted by Gasteiger charge is -2.07. The maximum Gasteiger partial charge on any atom is 0.273 e. The van der Waals surface area contributed by atoms with Gasteiger partial charge in [-0.1, -0.05) is 23.4 Å². The van der Waals surface area contributed by atoms with E-state index in [9.17, 15) is 14.0 Å². The quantitative estimate of drug-likeness (QED) is 0.700. The molecule has 1 N–H and O–H groups in total. The van der Waals surface area contributed by atoms with Crippen molar-refractivity contribution in [3.8, 4) is 0 Å². The van der Waals surface area contributed by atoms with E-state index in [0.717, 1.165) is 10.4 Å². The van der Waals surface area contributed by atoms with Gasteiger partial charge in [0.15, 0.2) is 9.99 Å². The summed E-state index contributed by atoms with van der Waals surface area (Å²) >= 11 is 8.33. The van der Waals surface area contributed by atoms with E-state index in [4.69, 9.17) is 11.6 Å². The number of carbonyl (C=O) groups is 1. The van der Waals surface area contributed by atoms with Gasteiger partial charge in [0.25, 0.3) is 5.56 Å². The molecule has 0 fully saturated rings. The summed E-state index contributed by atoms with van der Waals surface area (Å²) in [5, 5.41) is 2.46. The minimum atomic E-state index is -0.574. The molecule has 10 heteroatoms. The number of thioether (sulfide) groups is 1. The van der Waals surface area contributed by atoms with Crippen LogP contribution in [0.5, 0.6) is 0 Å². The fourth-order valence-corrected chi connectivity index (χ4v) is 3.60. The number of anilines is 1. The number of nitrogens with one attached hydrogen (secondary N) is 1. The van der Waals surface area contributed by atoms with Gasteiger partial charge in [0, 0.05) is 5.69 Å². The standard InChI is InChI=1S/C14H10ClFN4O2S2/c1-23-14-19-12-11(24-14)13(22)20(6-17-12)5-10(21)18-7-2-3-9(16)8(15)4-7/h2-4,6H,5H2,1H3,(H,18,21). The third-order valence-corrected chi connectivity index (χ3v) is 5.36. The van der Waals surface area contributed by atoms with Crippen molar-refractivity contribution >= 4 is 56.6 Å². The molecule has 0 spiro atoms. The second kappa shape index (κ2) is 6.88. The fraction of sp³-hybridized carbons (Fsp3) is 0.143. The minimum Gasteiger partial charge on any atom is -0.324 e. The molecular formula is C14H10ClFN4O2S2. The Kier molecular flexibility index (Phi) is 4.83. The van der Waals surface area contributed by atoms with Crippen molar-refractivity contribution < 1.29 is 9.18 Å². The van der Waals surface area contributed by atoms with E-state index in [1.54, 1.807) is 0 Å². The average molecular weight is 385 g/mol. The first kappa shape index (κ1) is 16.9. The number of fused-ring (bicyclic) bond motifs is 1. The lowest BCUT2D eigenvalue weighted by atomic mass is 10.3. The molecular weight excluding hydrogens is 375 g/mol. The van der Waals surface area contributed by atoms with Gasteiger partial charge < -0.3 is 5.32 Å². The summed E-state index contributed by atoms with van der Waals surface area (Å²) in [5.41, 5.74) is 0.386. The number of aromatic nitrogens is 3. The highest BCUT2D eigenvalue weighted by molar-refractivity contribution is 8.00. The molecule has 0 saturated heterocycles. The third kappa shape index (κ3) is 3.42. The second-order valence-electron chi connectivity index (χ2n) is 4.69. The third-order valence-electron chi connectivity index (χ3n) is 3.06. The van der Waals surface area contributed by atoms with E-state index < -0.39 is 11.7 Å². The van der Waals surface area contributed by atoms with E-state index >= 15 is 0 Å². The summed E-state index contributed by atoms with van der Waals surface area (Å²) in [6.07, 6.45) is 3.14. The lowest BCUT2D eigenvalue weighted by Crippen LogP contribution is -2.27. The number of rotatable bonds is 4. The number of thiazole rings is 1. The van der Waals surface area contributed by atoms with Gasteiger partial charge in [-0.2, -0.15) is 0 Å². The molecule has 0 aliphatic heterocycles. The summed E-state index contributed by atoms with van der Waals surface area (Å²) in [4.78, 5) is 32.8. The largest absolute Gasteiger partial charge is 0.324 e. The Morgan fingerprint density at radius 2 is 2.29 bits per heavy atom. The van der Waals surface area contributed by atoms with Gasteiger partial charge in [-0.3, -0.25) is 14.2 Å². The molecule has 1 amide bonds. The van der Waals surface area contributed by atoms with E-state index in [-0.39, 0.29) is 17.1 Å². The zero-order chi connectivity index (χ0) is 17.3. The molecule has 24 heavy (non-hydrogen) atoms. The van der Waals surface area contributed by atoms with Crippen molar-refractivity contribution in [2.45, 2.75) is 10.9 Å². The number of benzene rings is 1. The molecule has 0 atom stereocenters. The Balaban J connectivity index is 1.81. The number of halogens is 2. The second-order valence-corrected chi connectivity index (χ2v) is 7.15. The maximum absolute atomic E-state index is 13.1. The zero-order valence-electron chi connectivity index (χ0n) is 12.2. The lowest BCUT2D eigenvalue weighted by molar-refractivity contribution is -0.116. The van der Waals surface area contributed by atoms with Crippen LogP contribution in [0.3, 0.4) is 0 Å². The average Bonchev–Trinajstić information content (AvgIpc) is 2.98. The van der Waals surface area contributed by atoms with Crippen LogP contribution >= 0.6 is 34.7 Å². The molecule has 124 valence electrons. The molecule has 2 heterocycles. The van der Waals surface area contributed by atoms with Gasteiger partial charge in [0.1, 0.15) is 23.4 Å². The predicted octanol–water partition coefficient (Wildman–Crippen LogP) is 3.01. The number of nitrogens with zero attached hydrogens (tertiary/aromatic N) is 3.